The number of halogens is 2. The Morgan fingerprint density at radius 2 is 1.96 bits per heavy atom. The molecule has 1 amide bonds. The lowest BCUT2D eigenvalue weighted by Crippen LogP contribution is -2.43. The molecule has 2 heterocycles. The summed E-state index contributed by atoms with van der Waals surface area (Å²) in [7, 11) is 0. The standard InChI is InChI=1S/C18H20F2N2O3S/c19-18(20)25-14-5-3-13(4-6-14)17(23)21-12-15(16-2-1-11-26-16)22-7-9-24-10-8-22/h1-6,11,15,18H,7-10,12H2,(H,21,23). The van der Waals surface area contributed by atoms with Gasteiger partial charge in [0.15, 0.2) is 0 Å². The summed E-state index contributed by atoms with van der Waals surface area (Å²) in [6.07, 6.45) is 0. The highest BCUT2D eigenvalue weighted by Crippen LogP contribution is 2.25. The predicted molar refractivity (Wildman–Crippen MR) is 94.9 cm³/mol. The van der Waals surface area contributed by atoms with Crippen LogP contribution < -0.4 is 10.1 Å². The number of amides is 1. The average molecular weight is 382 g/mol. The molecule has 1 saturated heterocycles. The Morgan fingerprint density at radius 1 is 1.23 bits per heavy atom. The first-order chi connectivity index (χ1) is 12.6. The molecule has 0 bridgehead atoms. The molecule has 1 aliphatic heterocycles. The van der Waals surface area contributed by atoms with Crippen molar-refractivity contribution in [3.63, 3.8) is 0 Å². The van der Waals surface area contributed by atoms with Crippen molar-refractivity contribution in [3.05, 3.63) is 52.2 Å². The van der Waals surface area contributed by atoms with Gasteiger partial charge in [0, 0.05) is 30.1 Å². The van der Waals surface area contributed by atoms with Crippen LogP contribution in [0.15, 0.2) is 41.8 Å². The lowest BCUT2D eigenvalue weighted by molar-refractivity contribution is -0.0498. The molecule has 0 aliphatic carbocycles. The first-order valence-corrected chi connectivity index (χ1v) is 9.20. The third-order valence-electron chi connectivity index (χ3n) is 4.16. The largest absolute Gasteiger partial charge is 0.435 e. The Bertz CT molecular complexity index is 689. The van der Waals surface area contributed by atoms with Gasteiger partial charge < -0.3 is 14.8 Å². The van der Waals surface area contributed by atoms with Crippen molar-refractivity contribution < 1.29 is 23.0 Å². The van der Waals surface area contributed by atoms with Crippen LogP contribution >= 0.6 is 11.3 Å². The van der Waals surface area contributed by atoms with Crippen molar-refractivity contribution in [2.24, 2.45) is 0 Å². The Labute approximate surface area is 154 Å². The van der Waals surface area contributed by atoms with Crippen molar-refractivity contribution in [2.45, 2.75) is 12.7 Å². The smallest absolute Gasteiger partial charge is 0.387 e. The van der Waals surface area contributed by atoms with Crippen LogP contribution in [-0.4, -0.2) is 50.3 Å². The van der Waals surface area contributed by atoms with E-state index in [0.717, 1.165) is 13.1 Å². The van der Waals surface area contributed by atoms with E-state index in [2.05, 4.69) is 21.0 Å². The molecule has 0 radical (unpaired) electrons. The van der Waals surface area contributed by atoms with Crippen LogP contribution in [0.25, 0.3) is 0 Å². The molecule has 140 valence electrons. The van der Waals surface area contributed by atoms with Crippen LogP contribution in [0.3, 0.4) is 0 Å². The Hall–Kier alpha value is -2.03. The fraction of sp³-hybridized carbons (Fsp3) is 0.389. The van der Waals surface area contributed by atoms with E-state index in [-0.39, 0.29) is 17.7 Å². The van der Waals surface area contributed by atoms with E-state index in [1.54, 1.807) is 11.3 Å². The van der Waals surface area contributed by atoms with Crippen LogP contribution in [0, 0.1) is 0 Å². The van der Waals surface area contributed by atoms with E-state index in [0.29, 0.717) is 25.3 Å². The molecular weight excluding hydrogens is 362 g/mol. The number of nitrogens with zero attached hydrogens (tertiary/aromatic N) is 1. The maximum atomic E-state index is 12.4. The van der Waals surface area contributed by atoms with Gasteiger partial charge in [-0.05, 0) is 35.7 Å². The van der Waals surface area contributed by atoms with Crippen molar-refractivity contribution >= 4 is 17.2 Å². The SMILES string of the molecule is O=C(NCC(c1cccs1)N1CCOCC1)c1ccc(OC(F)F)cc1. The van der Waals surface area contributed by atoms with Crippen molar-refractivity contribution in [1.29, 1.82) is 0 Å². The average Bonchev–Trinajstić information content (AvgIpc) is 3.17. The molecule has 1 N–H and O–H groups in total. The van der Waals surface area contributed by atoms with Gasteiger partial charge in [0.25, 0.3) is 5.91 Å². The molecule has 1 aromatic carbocycles. The van der Waals surface area contributed by atoms with Gasteiger partial charge in [-0.15, -0.1) is 11.3 Å². The maximum absolute atomic E-state index is 12.4. The third kappa shape index (κ3) is 5.00. The molecule has 1 aliphatic rings. The minimum atomic E-state index is -2.88. The summed E-state index contributed by atoms with van der Waals surface area (Å²) in [4.78, 5) is 15.9. The van der Waals surface area contributed by atoms with Gasteiger partial charge in [0.2, 0.25) is 0 Å². The number of carbonyl (C=O) groups is 1. The van der Waals surface area contributed by atoms with Gasteiger partial charge in [-0.25, -0.2) is 0 Å². The van der Waals surface area contributed by atoms with Gasteiger partial charge in [-0.2, -0.15) is 8.78 Å². The number of thiophene rings is 1. The first-order valence-electron chi connectivity index (χ1n) is 8.32. The number of alkyl halides is 2. The van der Waals surface area contributed by atoms with Crippen LogP contribution in [0.1, 0.15) is 21.3 Å². The van der Waals surface area contributed by atoms with E-state index in [9.17, 15) is 13.6 Å². The van der Waals surface area contributed by atoms with Crippen molar-refractivity contribution in [3.8, 4) is 5.75 Å². The minimum Gasteiger partial charge on any atom is -0.435 e. The number of carbonyl (C=O) groups excluding carboxylic acids is 1. The summed E-state index contributed by atoms with van der Waals surface area (Å²) < 4.78 is 34.1. The number of hydrogen-bond acceptors (Lipinski definition) is 5. The van der Waals surface area contributed by atoms with Gasteiger partial charge in [0.05, 0.1) is 19.3 Å². The molecule has 1 atom stereocenters. The summed E-state index contributed by atoms with van der Waals surface area (Å²) in [5.41, 5.74) is 0.401. The lowest BCUT2D eigenvalue weighted by atomic mass is 10.1. The van der Waals surface area contributed by atoms with Crippen LogP contribution in [-0.2, 0) is 4.74 Å². The quantitative estimate of drug-likeness (QED) is 0.799. The zero-order chi connectivity index (χ0) is 18.4. The Balaban J connectivity index is 1.62. The van der Waals surface area contributed by atoms with Crippen molar-refractivity contribution in [2.75, 3.05) is 32.8 Å². The normalized spacial score (nSPS) is 16.4. The van der Waals surface area contributed by atoms with Gasteiger partial charge in [0.1, 0.15) is 5.75 Å². The van der Waals surface area contributed by atoms with E-state index in [1.165, 1.54) is 29.1 Å². The molecule has 0 saturated carbocycles. The molecule has 0 spiro atoms. The summed E-state index contributed by atoms with van der Waals surface area (Å²) in [6.45, 7) is 0.586. The van der Waals surface area contributed by atoms with Crippen LogP contribution in [0.4, 0.5) is 8.78 Å². The number of benzene rings is 1. The maximum Gasteiger partial charge on any atom is 0.387 e. The number of ether oxygens (including phenoxy) is 2. The van der Waals surface area contributed by atoms with Gasteiger partial charge in [-0.1, -0.05) is 6.07 Å². The predicted octanol–water partition coefficient (Wildman–Crippen LogP) is 3.15. The molecule has 26 heavy (non-hydrogen) atoms. The molecule has 1 aromatic heterocycles. The zero-order valence-corrected chi connectivity index (χ0v) is 14.9. The number of hydrogen-bond donors (Lipinski definition) is 1. The van der Waals surface area contributed by atoms with E-state index >= 15 is 0 Å². The summed E-state index contributed by atoms with van der Waals surface area (Å²) in [6, 6.07) is 9.82. The van der Waals surface area contributed by atoms with Gasteiger partial charge >= 0.3 is 6.61 Å². The zero-order valence-electron chi connectivity index (χ0n) is 14.1. The Morgan fingerprint density at radius 3 is 2.58 bits per heavy atom. The highest BCUT2D eigenvalue weighted by molar-refractivity contribution is 7.10. The summed E-state index contributed by atoms with van der Waals surface area (Å²) in [5, 5.41) is 4.96. The highest BCUT2D eigenvalue weighted by Gasteiger charge is 2.24. The van der Waals surface area contributed by atoms with E-state index in [1.807, 2.05) is 11.4 Å². The van der Waals surface area contributed by atoms with E-state index < -0.39 is 6.61 Å². The second-order valence-corrected chi connectivity index (χ2v) is 6.77. The van der Waals surface area contributed by atoms with E-state index in [4.69, 9.17) is 4.74 Å². The molecular formula is C18H20F2N2O3S. The van der Waals surface area contributed by atoms with Crippen LogP contribution in [0.2, 0.25) is 0 Å². The lowest BCUT2D eigenvalue weighted by Gasteiger charge is -2.34. The number of morpholine rings is 1. The van der Waals surface area contributed by atoms with Crippen molar-refractivity contribution in [1.82, 2.24) is 10.2 Å². The Kier molecular flexibility index (Phi) is 6.54. The fourth-order valence-corrected chi connectivity index (χ4v) is 3.72. The van der Waals surface area contributed by atoms with Crippen LogP contribution in [0.5, 0.6) is 5.75 Å². The monoisotopic (exact) mass is 382 g/mol. The molecule has 8 heteroatoms. The first kappa shape index (κ1) is 18.8. The highest BCUT2D eigenvalue weighted by atomic mass is 32.1. The molecule has 2 aromatic rings. The second-order valence-electron chi connectivity index (χ2n) is 5.79. The number of rotatable bonds is 7. The fourth-order valence-electron chi connectivity index (χ4n) is 2.86. The molecule has 3 rings (SSSR count). The number of nitrogens with one attached hydrogen (secondary N) is 1. The molecule has 1 unspecified atom stereocenters. The molecule has 5 nitrogen and oxygen atoms in total. The third-order valence-corrected chi connectivity index (χ3v) is 5.13. The van der Waals surface area contributed by atoms with Gasteiger partial charge in [-0.3, -0.25) is 9.69 Å². The molecule has 1 fully saturated rings. The second kappa shape index (κ2) is 9.07. The topological polar surface area (TPSA) is 50.8 Å². The summed E-state index contributed by atoms with van der Waals surface area (Å²) >= 11 is 1.66. The minimum absolute atomic E-state index is 0.0290. The summed E-state index contributed by atoms with van der Waals surface area (Å²) in [5.74, 6) is -0.218.